The number of hydrogen-bond acceptors (Lipinski definition) is 6. The van der Waals surface area contributed by atoms with Gasteiger partial charge in [0.15, 0.2) is 0 Å². The number of amides is 1. The Morgan fingerprint density at radius 3 is 2.38 bits per heavy atom. The fourth-order valence-electron chi connectivity index (χ4n) is 3.61. The van der Waals surface area contributed by atoms with Crippen molar-refractivity contribution in [1.82, 2.24) is 19.8 Å². The third-order valence-corrected chi connectivity index (χ3v) is 5.92. The van der Waals surface area contributed by atoms with Crippen LogP contribution in [-0.2, 0) is 0 Å². The van der Waals surface area contributed by atoms with Crippen LogP contribution in [0.25, 0.3) is 0 Å². The lowest BCUT2D eigenvalue weighted by molar-refractivity contribution is -0.0510. The smallest absolute Gasteiger partial charge is 0.291 e. The molecule has 2 saturated heterocycles. The van der Waals surface area contributed by atoms with Crippen molar-refractivity contribution < 1.29 is 9.90 Å². The number of aliphatic hydroxyl groups is 1. The van der Waals surface area contributed by atoms with Crippen molar-refractivity contribution in [2.24, 2.45) is 5.92 Å². The van der Waals surface area contributed by atoms with Crippen molar-refractivity contribution in [3.05, 3.63) is 17.1 Å². The number of hydrogen-bond donors (Lipinski definition) is 1. The van der Waals surface area contributed by atoms with Crippen LogP contribution in [-0.4, -0.2) is 82.7 Å². The summed E-state index contributed by atoms with van der Waals surface area (Å²) in [6, 6.07) is 0.506. The molecule has 26 heavy (non-hydrogen) atoms. The molecule has 1 aromatic heterocycles. The Bertz CT molecular complexity index is 692. The monoisotopic (exact) mass is 361 g/mol. The standard InChI is InChI=1S/C19H31N5O2/c1-12-13(2)20-16(18(25)24-9-14(10-24)19(3,4)26)21-17(12)23-8-7-15(11-23)22(5)6/h14-15,26H,7-11H2,1-6H3/t15-/m1/s1. The molecule has 0 aliphatic carbocycles. The molecule has 0 radical (unpaired) electrons. The molecule has 1 atom stereocenters. The number of aromatic nitrogens is 2. The quantitative estimate of drug-likeness (QED) is 0.865. The maximum Gasteiger partial charge on any atom is 0.291 e. The summed E-state index contributed by atoms with van der Waals surface area (Å²) in [6.07, 6.45) is 1.10. The van der Waals surface area contributed by atoms with Gasteiger partial charge >= 0.3 is 0 Å². The average molecular weight is 361 g/mol. The number of likely N-dealkylation sites (tertiary alicyclic amines) is 1. The van der Waals surface area contributed by atoms with Gasteiger partial charge in [0.05, 0.1) is 5.60 Å². The highest BCUT2D eigenvalue weighted by Gasteiger charge is 2.41. The Morgan fingerprint density at radius 2 is 1.85 bits per heavy atom. The Hall–Kier alpha value is -1.73. The summed E-state index contributed by atoms with van der Waals surface area (Å²) in [5, 5.41) is 10.1. The molecule has 7 heteroatoms. The average Bonchev–Trinajstić information content (AvgIpc) is 2.96. The zero-order chi connectivity index (χ0) is 19.2. The molecular formula is C19H31N5O2. The molecule has 2 aliphatic rings. The van der Waals surface area contributed by atoms with Gasteiger partial charge in [-0.2, -0.15) is 0 Å². The van der Waals surface area contributed by atoms with Crippen LogP contribution in [0.3, 0.4) is 0 Å². The minimum atomic E-state index is -0.761. The molecule has 144 valence electrons. The first-order valence-corrected chi connectivity index (χ1v) is 9.36. The van der Waals surface area contributed by atoms with E-state index in [-0.39, 0.29) is 17.6 Å². The van der Waals surface area contributed by atoms with Crippen molar-refractivity contribution in [2.75, 3.05) is 45.2 Å². The summed E-state index contributed by atoms with van der Waals surface area (Å²) in [5.41, 5.74) is 1.13. The third kappa shape index (κ3) is 3.55. The second-order valence-electron chi connectivity index (χ2n) is 8.49. The number of aryl methyl sites for hydroxylation is 1. The van der Waals surface area contributed by atoms with Crippen LogP contribution >= 0.6 is 0 Å². The molecule has 1 aromatic rings. The summed E-state index contributed by atoms with van der Waals surface area (Å²) >= 11 is 0. The van der Waals surface area contributed by atoms with Gasteiger partial charge in [-0.15, -0.1) is 0 Å². The lowest BCUT2D eigenvalue weighted by atomic mass is 9.84. The highest BCUT2D eigenvalue weighted by molar-refractivity contribution is 5.91. The van der Waals surface area contributed by atoms with Crippen molar-refractivity contribution in [3.63, 3.8) is 0 Å². The highest BCUT2D eigenvalue weighted by Crippen LogP contribution is 2.29. The summed E-state index contributed by atoms with van der Waals surface area (Å²) in [5.74, 6) is 1.12. The van der Waals surface area contributed by atoms with Gasteiger partial charge in [0.1, 0.15) is 5.82 Å². The van der Waals surface area contributed by atoms with Gasteiger partial charge in [0.25, 0.3) is 5.91 Å². The Balaban J connectivity index is 1.78. The second-order valence-corrected chi connectivity index (χ2v) is 8.49. The largest absolute Gasteiger partial charge is 0.390 e. The second kappa shape index (κ2) is 6.78. The highest BCUT2D eigenvalue weighted by atomic mass is 16.3. The maximum atomic E-state index is 12.8. The van der Waals surface area contributed by atoms with E-state index >= 15 is 0 Å². The van der Waals surface area contributed by atoms with E-state index in [1.807, 2.05) is 13.8 Å². The van der Waals surface area contributed by atoms with Crippen LogP contribution in [0.1, 0.15) is 42.1 Å². The number of carbonyl (C=O) groups is 1. The number of likely N-dealkylation sites (N-methyl/N-ethyl adjacent to an activating group) is 1. The number of anilines is 1. The molecule has 3 heterocycles. The van der Waals surface area contributed by atoms with Crippen LogP contribution < -0.4 is 4.90 Å². The van der Waals surface area contributed by atoms with Gasteiger partial charge < -0.3 is 19.8 Å². The minimum absolute atomic E-state index is 0.108. The van der Waals surface area contributed by atoms with E-state index in [4.69, 9.17) is 0 Å². The molecule has 1 N–H and O–H groups in total. The number of nitrogens with zero attached hydrogens (tertiary/aromatic N) is 5. The van der Waals surface area contributed by atoms with Crippen LogP contribution in [0.2, 0.25) is 0 Å². The molecule has 3 rings (SSSR count). The van der Waals surface area contributed by atoms with Gasteiger partial charge in [-0.05, 0) is 48.2 Å². The fourth-order valence-corrected chi connectivity index (χ4v) is 3.61. The van der Waals surface area contributed by atoms with Crippen LogP contribution in [0.5, 0.6) is 0 Å². The summed E-state index contributed by atoms with van der Waals surface area (Å²) in [7, 11) is 4.20. The zero-order valence-electron chi connectivity index (χ0n) is 16.8. The predicted molar refractivity (Wildman–Crippen MR) is 102 cm³/mol. The molecule has 2 aliphatic heterocycles. The Kier molecular flexibility index (Phi) is 4.96. The molecule has 2 fully saturated rings. The summed E-state index contributed by atoms with van der Waals surface area (Å²) in [4.78, 5) is 28.1. The fraction of sp³-hybridized carbons (Fsp3) is 0.737. The maximum absolute atomic E-state index is 12.8. The van der Waals surface area contributed by atoms with Gasteiger partial charge in [0.2, 0.25) is 5.82 Å². The molecular weight excluding hydrogens is 330 g/mol. The van der Waals surface area contributed by atoms with Crippen molar-refractivity contribution in [3.8, 4) is 0 Å². The summed E-state index contributed by atoms with van der Waals surface area (Å²) in [6.45, 7) is 10.5. The zero-order valence-corrected chi connectivity index (χ0v) is 16.8. The Labute approximate surface area is 156 Å². The van der Waals surface area contributed by atoms with E-state index in [1.54, 1.807) is 18.7 Å². The van der Waals surface area contributed by atoms with Crippen LogP contribution in [0.15, 0.2) is 0 Å². The minimum Gasteiger partial charge on any atom is -0.390 e. The lowest BCUT2D eigenvalue weighted by Crippen LogP contribution is -2.57. The van der Waals surface area contributed by atoms with E-state index in [0.717, 1.165) is 36.6 Å². The predicted octanol–water partition coefficient (Wildman–Crippen LogP) is 1.08. The van der Waals surface area contributed by atoms with Crippen molar-refractivity contribution in [2.45, 2.75) is 45.8 Å². The topological polar surface area (TPSA) is 72.8 Å². The number of carbonyl (C=O) groups excluding carboxylic acids is 1. The number of rotatable bonds is 4. The van der Waals surface area contributed by atoms with Gasteiger partial charge in [0, 0.05) is 49.4 Å². The van der Waals surface area contributed by atoms with E-state index in [2.05, 4.69) is 33.9 Å². The molecule has 0 saturated carbocycles. The molecule has 0 unspecified atom stereocenters. The molecule has 0 bridgehead atoms. The van der Waals surface area contributed by atoms with Gasteiger partial charge in [-0.25, -0.2) is 9.97 Å². The van der Waals surface area contributed by atoms with Crippen molar-refractivity contribution >= 4 is 11.7 Å². The van der Waals surface area contributed by atoms with E-state index in [9.17, 15) is 9.90 Å². The molecule has 1 amide bonds. The SMILES string of the molecule is Cc1nc(C(=O)N2CC(C(C)(C)O)C2)nc(N2CC[C@@H](N(C)C)C2)c1C. The van der Waals surface area contributed by atoms with E-state index < -0.39 is 5.60 Å². The molecule has 7 nitrogen and oxygen atoms in total. The van der Waals surface area contributed by atoms with E-state index in [1.165, 1.54) is 0 Å². The van der Waals surface area contributed by atoms with Crippen LogP contribution in [0.4, 0.5) is 5.82 Å². The lowest BCUT2D eigenvalue weighted by Gasteiger charge is -2.44. The van der Waals surface area contributed by atoms with Crippen molar-refractivity contribution in [1.29, 1.82) is 0 Å². The van der Waals surface area contributed by atoms with Gasteiger partial charge in [-0.3, -0.25) is 4.79 Å². The van der Waals surface area contributed by atoms with Crippen LogP contribution in [0, 0.1) is 19.8 Å². The third-order valence-electron chi connectivity index (χ3n) is 5.92. The first kappa shape index (κ1) is 19.0. The van der Waals surface area contributed by atoms with Gasteiger partial charge in [-0.1, -0.05) is 0 Å². The first-order valence-electron chi connectivity index (χ1n) is 9.36. The first-order chi connectivity index (χ1) is 12.1. The normalized spacial score (nSPS) is 21.5. The summed E-state index contributed by atoms with van der Waals surface area (Å²) < 4.78 is 0. The Morgan fingerprint density at radius 1 is 1.19 bits per heavy atom. The molecule has 0 aromatic carbocycles. The molecule has 0 spiro atoms. The van der Waals surface area contributed by atoms with E-state index in [0.29, 0.717) is 19.1 Å².